The quantitative estimate of drug-likeness (QED) is 0.585. The first-order valence-electron chi connectivity index (χ1n) is 8.96. The molecule has 0 aliphatic rings. The molecule has 0 unspecified atom stereocenters. The highest BCUT2D eigenvalue weighted by Crippen LogP contribution is 2.23. The number of ether oxygens (including phenoxy) is 2. The Balaban J connectivity index is 1.71. The van der Waals surface area contributed by atoms with Gasteiger partial charge in [0.25, 0.3) is 11.5 Å². The normalized spacial score (nSPS) is 10.8. The number of carbonyl (C=O) groups excluding carboxylic acids is 1. The highest BCUT2D eigenvalue weighted by Gasteiger charge is 2.10. The van der Waals surface area contributed by atoms with Crippen LogP contribution in [0.5, 0.6) is 5.75 Å². The number of hydrogen-bond acceptors (Lipinski definition) is 4. The summed E-state index contributed by atoms with van der Waals surface area (Å²) in [7, 11) is 0. The number of anilines is 1. The number of fused-ring (bicyclic) bond motifs is 1. The molecular weight excluding hydrogens is 380 g/mol. The summed E-state index contributed by atoms with van der Waals surface area (Å²) < 4.78 is 12.6. The minimum absolute atomic E-state index is 0.119. The maximum atomic E-state index is 12.6. The fourth-order valence-electron chi connectivity index (χ4n) is 2.81. The van der Waals surface area contributed by atoms with E-state index in [2.05, 4.69) is 5.32 Å². The second-order valence-electron chi connectivity index (χ2n) is 6.08. The molecule has 6 nitrogen and oxygen atoms in total. The van der Waals surface area contributed by atoms with Crippen LogP contribution in [0, 0.1) is 0 Å². The van der Waals surface area contributed by atoms with E-state index in [4.69, 9.17) is 21.1 Å². The molecule has 0 bridgehead atoms. The van der Waals surface area contributed by atoms with Crippen molar-refractivity contribution in [3.63, 3.8) is 0 Å². The molecule has 1 aromatic heterocycles. The molecule has 0 spiro atoms. The van der Waals surface area contributed by atoms with Crippen LogP contribution in [0.3, 0.4) is 0 Å². The molecule has 0 aliphatic heterocycles. The highest BCUT2D eigenvalue weighted by molar-refractivity contribution is 6.30. The number of amides is 1. The molecule has 0 saturated heterocycles. The summed E-state index contributed by atoms with van der Waals surface area (Å²) >= 11 is 5.91. The Labute approximate surface area is 167 Å². The summed E-state index contributed by atoms with van der Waals surface area (Å²) in [6, 6.07) is 13.9. The summed E-state index contributed by atoms with van der Waals surface area (Å²) in [5, 5.41) is 4.45. The molecule has 3 aromatic rings. The molecule has 2 aromatic carbocycles. The first-order valence-corrected chi connectivity index (χ1v) is 9.34. The SMILES string of the molecule is CCOCCn1ccc2c(OCC(=O)Nc3cccc(Cl)c3)cccc2c1=O. The van der Waals surface area contributed by atoms with Crippen molar-refractivity contribution in [2.45, 2.75) is 13.5 Å². The lowest BCUT2D eigenvalue weighted by atomic mass is 10.1. The Morgan fingerprint density at radius 3 is 2.75 bits per heavy atom. The molecule has 0 saturated carbocycles. The van der Waals surface area contributed by atoms with Crippen LogP contribution in [0.4, 0.5) is 5.69 Å². The van der Waals surface area contributed by atoms with Gasteiger partial charge >= 0.3 is 0 Å². The van der Waals surface area contributed by atoms with E-state index >= 15 is 0 Å². The Morgan fingerprint density at radius 2 is 1.96 bits per heavy atom. The zero-order valence-corrected chi connectivity index (χ0v) is 16.2. The van der Waals surface area contributed by atoms with Crippen LogP contribution in [0.2, 0.25) is 5.02 Å². The van der Waals surface area contributed by atoms with Crippen molar-refractivity contribution in [1.82, 2.24) is 4.57 Å². The number of hydrogen-bond donors (Lipinski definition) is 1. The van der Waals surface area contributed by atoms with Gasteiger partial charge in [-0.05, 0) is 43.3 Å². The minimum Gasteiger partial charge on any atom is -0.483 e. The van der Waals surface area contributed by atoms with Gasteiger partial charge in [-0.1, -0.05) is 23.7 Å². The lowest BCUT2D eigenvalue weighted by molar-refractivity contribution is -0.118. The van der Waals surface area contributed by atoms with Crippen molar-refractivity contribution >= 4 is 34.0 Å². The summed E-state index contributed by atoms with van der Waals surface area (Å²) in [4.78, 5) is 24.8. The number of benzene rings is 2. The number of pyridine rings is 1. The van der Waals surface area contributed by atoms with Gasteiger partial charge in [-0.25, -0.2) is 0 Å². The maximum Gasteiger partial charge on any atom is 0.262 e. The smallest absolute Gasteiger partial charge is 0.262 e. The van der Waals surface area contributed by atoms with E-state index in [1.807, 2.05) is 13.0 Å². The van der Waals surface area contributed by atoms with Crippen LogP contribution < -0.4 is 15.6 Å². The Kier molecular flexibility index (Phi) is 6.68. The monoisotopic (exact) mass is 400 g/mol. The Morgan fingerprint density at radius 1 is 1.14 bits per heavy atom. The highest BCUT2D eigenvalue weighted by atomic mass is 35.5. The van der Waals surface area contributed by atoms with Crippen LogP contribution in [0.15, 0.2) is 59.5 Å². The van der Waals surface area contributed by atoms with Gasteiger partial charge in [-0.15, -0.1) is 0 Å². The van der Waals surface area contributed by atoms with Gasteiger partial charge in [0, 0.05) is 35.4 Å². The van der Waals surface area contributed by atoms with Gasteiger partial charge in [-0.2, -0.15) is 0 Å². The minimum atomic E-state index is -0.315. The van der Waals surface area contributed by atoms with Crippen molar-refractivity contribution in [2.75, 3.05) is 25.1 Å². The number of carbonyl (C=O) groups is 1. The van der Waals surface area contributed by atoms with E-state index in [-0.39, 0.29) is 18.1 Å². The van der Waals surface area contributed by atoms with E-state index in [0.717, 1.165) is 0 Å². The summed E-state index contributed by atoms with van der Waals surface area (Å²) in [6.45, 7) is 3.30. The molecule has 1 heterocycles. The average Bonchev–Trinajstić information content (AvgIpc) is 2.68. The van der Waals surface area contributed by atoms with E-state index < -0.39 is 0 Å². The molecule has 0 atom stereocenters. The zero-order valence-electron chi connectivity index (χ0n) is 15.5. The zero-order chi connectivity index (χ0) is 19.9. The van der Waals surface area contributed by atoms with Crippen molar-refractivity contribution in [3.05, 3.63) is 70.1 Å². The van der Waals surface area contributed by atoms with Gasteiger partial charge in [0.1, 0.15) is 5.75 Å². The van der Waals surface area contributed by atoms with Gasteiger partial charge in [0.05, 0.1) is 12.0 Å². The molecule has 3 rings (SSSR count). The lowest BCUT2D eigenvalue weighted by Crippen LogP contribution is -2.22. The van der Waals surface area contributed by atoms with Gasteiger partial charge in [0.15, 0.2) is 6.61 Å². The van der Waals surface area contributed by atoms with Crippen LogP contribution in [0.25, 0.3) is 10.8 Å². The van der Waals surface area contributed by atoms with Crippen LogP contribution >= 0.6 is 11.6 Å². The van der Waals surface area contributed by atoms with Crippen LogP contribution in [-0.2, 0) is 16.1 Å². The third-order valence-electron chi connectivity index (χ3n) is 4.13. The first-order chi connectivity index (χ1) is 13.6. The molecule has 7 heteroatoms. The summed E-state index contributed by atoms with van der Waals surface area (Å²) in [6.07, 6.45) is 1.71. The van der Waals surface area contributed by atoms with Crippen LogP contribution in [-0.4, -0.2) is 30.3 Å². The van der Waals surface area contributed by atoms with Crippen molar-refractivity contribution < 1.29 is 14.3 Å². The van der Waals surface area contributed by atoms with Gasteiger partial charge in [-0.3, -0.25) is 9.59 Å². The van der Waals surface area contributed by atoms with E-state index in [1.165, 1.54) is 0 Å². The number of nitrogens with one attached hydrogen (secondary N) is 1. The van der Waals surface area contributed by atoms with Crippen LogP contribution in [0.1, 0.15) is 6.92 Å². The summed E-state index contributed by atoms with van der Waals surface area (Å²) in [5.74, 6) is 0.164. The summed E-state index contributed by atoms with van der Waals surface area (Å²) in [5.41, 5.74) is 0.474. The predicted molar refractivity (Wildman–Crippen MR) is 110 cm³/mol. The third kappa shape index (κ3) is 4.91. The molecule has 28 heavy (non-hydrogen) atoms. The van der Waals surface area contributed by atoms with Crippen molar-refractivity contribution in [3.8, 4) is 5.75 Å². The van der Waals surface area contributed by atoms with E-state index in [1.54, 1.807) is 53.2 Å². The lowest BCUT2D eigenvalue weighted by Gasteiger charge is -2.12. The Hall–Kier alpha value is -2.83. The topological polar surface area (TPSA) is 69.6 Å². The van der Waals surface area contributed by atoms with Gasteiger partial charge in [0.2, 0.25) is 0 Å². The average molecular weight is 401 g/mol. The van der Waals surface area contributed by atoms with E-state index in [0.29, 0.717) is 47.0 Å². The molecular formula is C21H21ClN2O4. The van der Waals surface area contributed by atoms with Crippen molar-refractivity contribution in [1.29, 1.82) is 0 Å². The fourth-order valence-corrected chi connectivity index (χ4v) is 3.00. The standard InChI is InChI=1S/C21H21ClN2O4/c1-2-27-12-11-24-10-9-17-18(21(24)26)7-4-8-19(17)28-14-20(25)23-16-6-3-5-15(22)13-16/h3-10,13H,2,11-12,14H2,1H3,(H,23,25). The number of nitrogens with zero attached hydrogens (tertiary/aromatic N) is 1. The number of rotatable bonds is 8. The largest absolute Gasteiger partial charge is 0.483 e. The fraction of sp³-hybridized carbons (Fsp3) is 0.238. The van der Waals surface area contributed by atoms with Gasteiger partial charge < -0.3 is 19.4 Å². The maximum absolute atomic E-state index is 12.6. The first kappa shape index (κ1) is 19.9. The third-order valence-corrected chi connectivity index (χ3v) is 4.36. The second kappa shape index (κ2) is 9.39. The van der Waals surface area contributed by atoms with Crippen molar-refractivity contribution in [2.24, 2.45) is 0 Å². The molecule has 146 valence electrons. The number of halogens is 1. The Bertz CT molecular complexity index is 1030. The van der Waals surface area contributed by atoms with E-state index in [9.17, 15) is 9.59 Å². The molecule has 0 radical (unpaired) electrons. The number of aromatic nitrogens is 1. The molecule has 0 aliphatic carbocycles. The molecule has 1 N–H and O–H groups in total. The second-order valence-corrected chi connectivity index (χ2v) is 6.51. The molecule has 0 fully saturated rings. The predicted octanol–water partition coefficient (Wildman–Crippen LogP) is 3.71. The molecule has 1 amide bonds.